The number of carboxylic acids is 1. The maximum Gasteiger partial charge on any atom is 0.306 e. The summed E-state index contributed by atoms with van der Waals surface area (Å²) in [5.41, 5.74) is 2.24. The fourth-order valence-corrected chi connectivity index (χ4v) is 2.75. The van der Waals surface area contributed by atoms with E-state index < -0.39 is 5.97 Å². The zero-order valence-electron chi connectivity index (χ0n) is 11.1. The van der Waals surface area contributed by atoms with E-state index in [0.29, 0.717) is 30.7 Å². The number of fused-ring (bicyclic) bond motifs is 1. The lowest BCUT2D eigenvalue weighted by Crippen LogP contribution is -2.22. The molecule has 2 aromatic heterocycles. The third kappa shape index (κ3) is 1.93. The van der Waals surface area contributed by atoms with E-state index in [0.717, 1.165) is 11.4 Å². The molecule has 0 aromatic carbocycles. The van der Waals surface area contributed by atoms with E-state index in [4.69, 9.17) is 5.11 Å². The van der Waals surface area contributed by atoms with E-state index in [-0.39, 0.29) is 11.3 Å². The maximum atomic E-state index is 11.9. The molecule has 6 heteroatoms. The molecule has 104 valence electrons. The summed E-state index contributed by atoms with van der Waals surface area (Å²) in [4.78, 5) is 30.4. The first-order chi connectivity index (χ1) is 9.58. The standard InChI is InChI=1S/C14H15N3O3/c1-17-11-3-2-8(14(19)20)6-10(11)16-13(17)9-7-15-5-4-12(9)18/h4-5,7-8H,2-3,6H2,1H3,(H,15,18)(H,19,20). The molecule has 3 rings (SSSR count). The fourth-order valence-electron chi connectivity index (χ4n) is 2.75. The normalized spacial score (nSPS) is 17.8. The molecular formula is C14H15N3O3. The van der Waals surface area contributed by atoms with Crippen LogP contribution in [0.15, 0.2) is 23.3 Å². The summed E-state index contributed by atoms with van der Waals surface area (Å²) >= 11 is 0. The van der Waals surface area contributed by atoms with Crippen molar-refractivity contribution in [3.63, 3.8) is 0 Å². The molecule has 2 aromatic rings. The highest BCUT2D eigenvalue weighted by atomic mass is 16.4. The lowest BCUT2D eigenvalue weighted by Gasteiger charge is -2.18. The number of aromatic nitrogens is 3. The van der Waals surface area contributed by atoms with Crippen molar-refractivity contribution in [1.29, 1.82) is 0 Å². The Morgan fingerprint density at radius 2 is 2.35 bits per heavy atom. The molecule has 0 bridgehead atoms. The van der Waals surface area contributed by atoms with Crippen LogP contribution in [0.4, 0.5) is 0 Å². The molecule has 1 atom stereocenters. The van der Waals surface area contributed by atoms with Crippen molar-refractivity contribution >= 4 is 5.97 Å². The molecule has 0 saturated carbocycles. The van der Waals surface area contributed by atoms with E-state index in [2.05, 4.69) is 9.97 Å². The summed E-state index contributed by atoms with van der Waals surface area (Å²) < 4.78 is 1.90. The molecule has 0 saturated heterocycles. The van der Waals surface area contributed by atoms with Crippen molar-refractivity contribution in [2.24, 2.45) is 13.0 Å². The molecule has 2 N–H and O–H groups in total. The number of rotatable bonds is 2. The van der Waals surface area contributed by atoms with Crippen molar-refractivity contribution in [2.75, 3.05) is 0 Å². The minimum atomic E-state index is -0.777. The van der Waals surface area contributed by atoms with Crippen LogP contribution in [-0.4, -0.2) is 25.6 Å². The van der Waals surface area contributed by atoms with E-state index in [1.54, 1.807) is 12.4 Å². The number of hydrogen-bond donors (Lipinski definition) is 2. The number of carboxylic acid groups (broad SMARTS) is 1. The smallest absolute Gasteiger partial charge is 0.306 e. The number of imidazole rings is 1. The minimum absolute atomic E-state index is 0.0935. The number of carbonyl (C=O) groups is 1. The molecule has 1 unspecified atom stereocenters. The quantitative estimate of drug-likeness (QED) is 0.853. The van der Waals surface area contributed by atoms with Crippen LogP contribution < -0.4 is 5.43 Å². The molecule has 0 radical (unpaired) electrons. The van der Waals surface area contributed by atoms with Crippen molar-refractivity contribution < 1.29 is 9.90 Å². The Morgan fingerprint density at radius 3 is 3.05 bits per heavy atom. The molecular weight excluding hydrogens is 258 g/mol. The van der Waals surface area contributed by atoms with Crippen molar-refractivity contribution in [3.05, 3.63) is 40.1 Å². The molecule has 0 spiro atoms. The highest BCUT2D eigenvalue weighted by Gasteiger charge is 2.29. The third-order valence-corrected chi connectivity index (χ3v) is 3.88. The van der Waals surface area contributed by atoms with Crippen LogP contribution >= 0.6 is 0 Å². The zero-order chi connectivity index (χ0) is 14.3. The van der Waals surface area contributed by atoms with Gasteiger partial charge in [0.25, 0.3) is 0 Å². The Labute approximate surface area is 115 Å². The van der Waals surface area contributed by atoms with Gasteiger partial charge in [-0.15, -0.1) is 0 Å². The number of hydrogen-bond acceptors (Lipinski definition) is 3. The van der Waals surface area contributed by atoms with Gasteiger partial charge >= 0.3 is 5.97 Å². The number of aliphatic carboxylic acids is 1. The van der Waals surface area contributed by atoms with E-state index in [1.165, 1.54) is 6.07 Å². The van der Waals surface area contributed by atoms with E-state index in [9.17, 15) is 9.59 Å². The highest BCUT2D eigenvalue weighted by Crippen LogP contribution is 2.28. The molecule has 1 aliphatic carbocycles. The molecule has 0 amide bonds. The van der Waals surface area contributed by atoms with Crippen LogP contribution in [0.25, 0.3) is 11.4 Å². The third-order valence-electron chi connectivity index (χ3n) is 3.88. The van der Waals surface area contributed by atoms with Crippen LogP contribution in [0.2, 0.25) is 0 Å². The average molecular weight is 273 g/mol. The van der Waals surface area contributed by atoms with Gasteiger partial charge in [0.1, 0.15) is 5.82 Å². The summed E-state index contributed by atoms with van der Waals surface area (Å²) in [5.74, 6) is -0.553. The van der Waals surface area contributed by atoms with Gasteiger partial charge in [0.05, 0.1) is 17.2 Å². The van der Waals surface area contributed by atoms with Gasteiger partial charge in [-0.2, -0.15) is 0 Å². The predicted molar refractivity (Wildman–Crippen MR) is 72.4 cm³/mol. The van der Waals surface area contributed by atoms with Gasteiger partial charge in [-0.25, -0.2) is 4.98 Å². The number of H-pyrrole nitrogens is 1. The zero-order valence-corrected chi connectivity index (χ0v) is 11.1. The molecule has 0 fully saturated rings. The lowest BCUT2D eigenvalue weighted by atomic mass is 9.90. The first-order valence-electron chi connectivity index (χ1n) is 6.52. The Morgan fingerprint density at radius 1 is 1.55 bits per heavy atom. The molecule has 0 aliphatic heterocycles. The first kappa shape index (κ1) is 12.7. The first-order valence-corrected chi connectivity index (χ1v) is 6.52. The van der Waals surface area contributed by atoms with Crippen LogP contribution in [0.5, 0.6) is 0 Å². The van der Waals surface area contributed by atoms with Crippen LogP contribution in [0, 0.1) is 5.92 Å². The van der Waals surface area contributed by atoms with Gasteiger partial charge in [-0.05, 0) is 12.8 Å². The molecule has 2 heterocycles. The van der Waals surface area contributed by atoms with Crippen LogP contribution in [0.1, 0.15) is 17.8 Å². The number of pyridine rings is 1. The monoisotopic (exact) mass is 273 g/mol. The fraction of sp³-hybridized carbons (Fsp3) is 0.357. The van der Waals surface area contributed by atoms with E-state index in [1.807, 2.05) is 11.6 Å². The second kappa shape index (κ2) is 4.63. The molecule has 1 aliphatic rings. The van der Waals surface area contributed by atoms with E-state index >= 15 is 0 Å². The maximum absolute atomic E-state index is 11.9. The van der Waals surface area contributed by atoms with Gasteiger partial charge in [0, 0.05) is 37.6 Å². The van der Waals surface area contributed by atoms with Gasteiger partial charge in [0.2, 0.25) is 0 Å². The second-order valence-electron chi connectivity index (χ2n) is 5.09. The summed E-state index contributed by atoms with van der Waals surface area (Å²) in [7, 11) is 1.87. The van der Waals surface area contributed by atoms with Crippen molar-refractivity contribution in [3.8, 4) is 11.4 Å². The minimum Gasteiger partial charge on any atom is -0.481 e. The predicted octanol–water partition coefficient (Wildman–Crippen LogP) is 0.965. The lowest BCUT2D eigenvalue weighted by molar-refractivity contribution is -0.142. The summed E-state index contributed by atoms with van der Waals surface area (Å²) in [5, 5.41) is 9.11. The number of aromatic amines is 1. The van der Waals surface area contributed by atoms with Crippen molar-refractivity contribution in [1.82, 2.24) is 14.5 Å². The summed E-state index contributed by atoms with van der Waals surface area (Å²) in [6, 6.07) is 1.46. The van der Waals surface area contributed by atoms with Gasteiger partial charge in [-0.3, -0.25) is 9.59 Å². The Balaban J connectivity index is 2.07. The average Bonchev–Trinajstić information content (AvgIpc) is 2.76. The van der Waals surface area contributed by atoms with Gasteiger partial charge in [0.15, 0.2) is 5.43 Å². The SMILES string of the molecule is Cn1c(-c2c[nH]ccc2=O)nc2c1CCC(C(=O)O)C2. The topological polar surface area (TPSA) is 88.0 Å². The Hall–Kier alpha value is -2.37. The second-order valence-corrected chi connectivity index (χ2v) is 5.09. The Bertz CT molecular complexity index is 730. The largest absolute Gasteiger partial charge is 0.481 e. The van der Waals surface area contributed by atoms with Crippen LogP contribution in [-0.2, 0) is 24.7 Å². The van der Waals surface area contributed by atoms with Gasteiger partial charge < -0.3 is 14.7 Å². The molecule has 6 nitrogen and oxygen atoms in total. The summed E-state index contributed by atoms with van der Waals surface area (Å²) in [6.45, 7) is 0. The number of nitrogens with zero attached hydrogens (tertiary/aromatic N) is 2. The van der Waals surface area contributed by atoms with Gasteiger partial charge in [-0.1, -0.05) is 0 Å². The Kier molecular flexibility index (Phi) is 2.93. The number of nitrogens with one attached hydrogen (secondary N) is 1. The highest BCUT2D eigenvalue weighted by molar-refractivity contribution is 5.71. The summed E-state index contributed by atoms with van der Waals surface area (Å²) in [6.07, 6.45) is 4.94. The van der Waals surface area contributed by atoms with Crippen molar-refractivity contribution in [2.45, 2.75) is 19.3 Å². The molecule has 20 heavy (non-hydrogen) atoms. The van der Waals surface area contributed by atoms with Crippen LogP contribution in [0.3, 0.4) is 0 Å².